The van der Waals surface area contributed by atoms with E-state index in [-0.39, 0.29) is 24.1 Å². The molecule has 1 atom stereocenters. The van der Waals surface area contributed by atoms with E-state index in [0.717, 1.165) is 10.5 Å². The van der Waals surface area contributed by atoms with E-state index in [9.17, 15) is 9.59 Å². The van der Waals surface area contributed by atoms with Gasteiger partial charge in [-0.05, 0) is 48.4 Å². The number of carbonyl (C=O) groups excluding carboxylic acids is 2. The van der Waals surface area contributed by atoms with Crippen molar-refractivity contribution in [1.29, 1.82) is 0 Å². The molecule has 0 aromatic heterocycles. The normalized spacial score (nSPS) is 11.8. The third kappa shape index (κ3) is 6.31. The number of likely N-dealkylation sites (N-methyl/N-ethyl adjacent to an activating group) is 1. The fourth-order valence-corrected chi connectivity index (χ4v) is 3.91. The van der Waals surface area contributed by atoms with Gasteiger partial charge in [-0.25, -0.2) is 0 Å². The Morgan fingerprint density at radius 3 is 2.32 bits per heavy atom. The van der Waals surface area contributed by atoms with E-state index >= 15 is 0 Å². The molecule has 0 aliphatic heterocycles. The SMILES string of the molecule is CCC(C(=O)NC)N(Cc1ccc(Cl)c(Cl)c1)C(=O)CSc1ccc(Cl)cc1. The highest BCUT2D eigenvalue weighted by Gasteiger charge is 2.28. The van der Waals surface area contributed by atoms with Crippen LogP contribution in [0.15, 0.2) is 47.4 Å². The summed E-state index contributed by atoms with van der Waals surface area (Å²) in [6.07, 6.45) is 0.498. The van der Waals surface area contributed by atoms with Crippen LogP contribution in [-0.2, 0) is 16.1 Å². The van der Waals surface area contributed by atoms with Gasteiger partial charge in [-0.2, -0.15) is 0 Å². The lowest BCUT2D eigenvalue weighted by atomic mass is 10.1. The molecule has 0 radical (unpaired) electrons. The van der Waals surface area contributed by atoms with E-state index in [1.807, 2.05) is 19.1 Å². The second kappa shape index (κ2) is 11.0. The lowest BCUT2D eigenvalue weighted by Gasteiger charge is -2.30. The lowest BCUT2D eigenvalue weighted by molar-refractivity contribution is -0.139. The van der Waals surface area contributed by atoms with Gasteiger partial charge < -0.3 is 10.2 Å². The summed E-state index contributed by atoms with van der Waals surface area (Å²) in [6.45, 7) is 2.14. The summed E-state index contributed by atoms with van der Waals surface area (Å²) in [5.41, 5.74) is 0.807. The number of rotatable bonds is 8. The number of hydrogen-bond donors (Lipinski definition) is 1. The summed E-state index contributed by atoms with van der Waals surface area (Å²) in [7, 11) is 1.56. The van der Waals surface area contributed by atoms with Crippen LogP contribution in [0.5, 0.6) is 0 Å². The quantitative estimate of drug-likeness (QED) is 0.545. The first-order valence-corrected chi connectivity index (χ1v) is 10.8. The Labute approximate surface area is 184 Å². The third-order valence-corrected chi connectivity index (χ3v) is 6.13. The summed E-state index contributed by atoms with van der Waals surface area (Å²) >= 11 is 19.4. The van der Waals surface area contributed by atoms with Crippen molar-refractivity contribution in [2.75, 3.05) is 12.8 Å². The van der Waals surface area contributed by atoms with E-state index in [1.165, 1.54) is 11.8 Å². The van der Waals surface area contributed by atoms with Crippen LogP contribution in [0.2, 0.25) is 15.1 Å². The number of hydrogen-bond acceptors (Lipinski definition) is 3. The number of amides is 2. The molecule has 8 heteroatoms. The fraction of sp³-hybridized carbons (Fsp3) is 0.300. The Bertz CT molecular complexity index is 831. The zero-order valence-corrected chi connectivity index (χ0v) is 18.6. The highest BCUT2D eigenvalue weighted by Crippen LogP contribution is 2.25. The molecule has 1 N–H and O–H groups in total. The van der Waals surface area contributed by atoms with Crippen molar-refractivity contribution >= 4 is 58.4 Å². The lowest BCUT2D eigenvalue weighted by Crippen LogP contribution is -2.48. The maximum atomic E-state index is 13.0. The van der Waals surface area contributed by atoms with Gasteiger partial charge in [-0.3, -0.25) is 9.59 Å². The summed E-state index contributed by atoms with van der Waals surface area (Å²) in [6, 6.07) is 11.9. The van der Waals surface area contributed by atoms with Crippen LogP contribution in [0, 0.1) is 0 Å². The number of benzene rings is 2. The molecule has 0 aliphatic rings. The number of nitrogens with one attached hydrogen (secondary N) is 1. The second-order valence-electron chi connectivity index (χ2n) is 6.05. The average molecular weight is 460 g/mol. The minimum Gasteiger partial charge on any atom is -0.357 e. The van der Waals surface area contributed by atoms with Gasteiger partial charge in [0.05, 0.1) is 15.8 Å². The minimum absolute atomic E-state index is 0.138. The van der Waals surface area contributed by atoms with Gasteiger partial charge in [-0.1, -0.05) is 47.8 Å². The van der Waals surface area contributed by atoms with Gasteiger partial charge >= 0.3 is 0 Å². The van der Waals surface area contributed by atoms with Crippen molar-refractivity contribution in [3.63, 3.8) is 0 Å². The van der Waals surface area contributed by atoms with Gasteiger partial charge in [0.2, 0.25) is 11.8 Å². The minimum atomic E-state index is -0.572. The first-order chi connectivity index (χ1) is 13.3. The van der Waals surface area contributed by atoms with E-state index in [4.69, 9.17) is 34.8 Å². The van der Waals surface area contributed by atoms with Gasteiger partial charge in [-0.15, -0.1) is 11.8 Å². The molecule has 2 rings (SSSR count). The van der Waals surface area contributed by atoms with Crippen LogP contribution in [0.4, 0.5) is 0 Å². The molecule has 2 aromatic rings. The van der Waals surface area contributed by atoms with Crippen molar-refractivity contribution in [1.82, 2.24) is 10.2 Å². The van der Waals surface area contributed by atoms with E-state index < -0.39 is 6.04 Å². The van der Waals surface area contributed by atoms with E-state index in [0.29, 0.717) is 21.5 Å². The average Bonchev–Trinajstić information content (AvgIpc) is 2.69. The van der Waals surface area contributed by atoms with Gasteiger partial charge in [0.15, 0.2) is 0 Å². The van der Waals surface area contributed by atoms with Crippen molar-refractivity contribution in [2.24, 2.45) is 0 Å². The Hall–Kier alpha value is -1.40. The van der Waals surface area contributed by atoms with Crippen molar-refractivity contribution in [3.8, 4) is 0 Å². The molecule has 0 spiro atoms. The molecule has 150 valence electrons. The summed E-state index contributed by atoms with van der Waals surface area (Å²) in [4.78, 5) is 27.9. The highest BCUT2D eigenvalue weighted by atomic mass is 35.5. The fourth-order valence-electron chi connectivity index (χ4n) is 2.68. The molecule has 4 nitrogen and oxygen atoms in total. The predicted molar refractivity (Wildman–Crippen MR) is 117 cm³/mol. The first-order valence-electron chi connectivity index (χ1n) is 8.69. The first kappa shape index (κ1) is 22.9. The standard InChI is InChI=1S/C20H21Cl3N2O2S/c1-3-18(20(27)24-2)25(11-13-4-9-16(22)17(23)10-13)19(26)12-28-15-7-5-14(21)6-8-15/h4-10,18H,3,11-12H2,1-2H3,(H,24,27). The Morgan fingerprint density at radius 2 is 1.75 bits per heavy atom. The van der Waals surface area contributed by atoms with Crippen LogP contribution in [-0.4, -0.2) is 35.6 Å². The molecule has 0 heterocycles. The van der Waals surface area contributed by atoms with Crippen LogP contribution in [0.3, 0.4) is 0 Å². The number of halogens is 3. The van der Waals surface area contributed by atoms with E-state index in [2.05, 4.69) is 5.32 Å². The largest absolute Gasteiger partial charge is 0.357 e. The monoisotopic (exact) mass is 458 g/mol. The zero-order valence-electron chi connectivity index (χ0n) is 15.5. The Kier molecular flexibility index (Phi) is 8.96. The van der Waals surface area contributed by atoms with Gasteiger partial charge in [0.1, 0.15) is 6.04 Å². The smallest absolute Gasteiger partial charge is 0.242 e. The molecule has 0 saturated carbocycles. The summed E-state index contributed by atoms with van der Waals surface area (Å²) < 4.78 is 0. The molecule has 28 heavy (non-hydrogen) atoms. The molecular weight excluding hydrogens is 439 g/mol. The molecule has 2 aromatic carbocycles. The van der Waals surface area contributed by atoms with E-state index in [1.54, 1.807) is 42.3 Å². The molecule has 0 fully saturated rings. The maximum absolute atomic E-state index is 13.0. The highest BCUT2D eigenvalue weighted by molar-refractivity contribution is 8.00. The van der Waals surface area contributed by atoms with Crippen LogP contribution >= 0.6 is 46.6 Å². The van der Waals surface area contributed by atoms with Crippen LogP contribution < -0.4 is 5.32 Å². The molecule has 2 amide bonds. The molecule has 0 bridgehead atoms. The molecular formula is C20H21Cl3N2O2S. The summed E-state index contributed by atoms with van der Waals surface area (Å²) in [5.74, 6) is -0.134. The number of thioether (sulfide) groups is 1. The Balaban J connectivity index is 2.20. The van der Waals surface area contributed by atoms with Crippen molar-refractivity contribution in [3.05, 3.63) is 63.1 Å². The van der Waals surface area contributed by atoms with Crippen LogP contribution in [0.1, 0.15) is 18.9 Å². The van der Waals surface area contributed by atoms with Crippen molar-refractivity contribution < 1.29 is 9.59 Å². The van der Waals surface area contributed by atoms with Crippen molar-refractivity contribution in [2.45, 2.75) is 30.8 Å². The predicted octanol–water partition coefficient (Wildman–Crippen LogP) is 5.29. The number of nitrogens with zero attached hydrogens (tertiary/aromatic N) is 1. The van der Waals surface area contributed by atoms with Gasteiger partial charge in [0, 0.05) is 23.5 Å². The Morgan fingerprint density at radius 1 is 1.07 bits per heavy atom. The maximum Gasteiger partial charge on any atom is 0.242 e. The number of carbonyl (C=O) groups is 2. The molecule has 1 unspecified atom stereocenters. The zero-order chi connectivity index (χ0) is 20.7. The summed E-state index contributed by atoms with van der Waals surface area (Å²) in [5, 5.41) is 4.13. The molecule has 0 saturated heterocycles. The second-order valence-corrected chi connectivity index (χ2v) is 8.35. The van der Waals surface area contributed by atoms with Crippen LogP contribution in [0.25, 0.3) is 0 Å². The third-order valence-electron chi connectivity index (χ3n) is 4.15. The topological polar surface area (TPSA) is 49.4 Å². The molecule has 0 aliphatic carbocycles. The van der Waals surface area contributed by atoms with Gasteiger partial charge in [0.25, 0.3) is 0 Å².